The van der Waals surface area contributed by atoms with E-state index in [9.17, 15) is 9.18 Å². The maximum Gasteiger partial charge on any atom is 0.253 e. The van der Waals surface area contributed by atoms with E-state index in [-0.39, 0.29) is 11.5 Å². The van der Waals surface area contributed by atoms with E-state index >= 15 is 0 Å². The number of hydrogen-bond acceptors (Lipinski definition) is 2. The summed E-state index contributed by atoms with van der Waals surface area (Å²) in [4.78, 5) is 15.4. The van der Waals surface area contributed by atoms with Crippen LogP contribution >= 0.6 is 15.9 Å². The van der Waals surface area contributed by atoms with Gasteiger partial charge in [0.2, 0.25) is 0 Å². The molecule has 0 bridgehead atoms. The number of nitrogens with zero attached hydrogens (tertiary/aromatic N) is 1. The molecule has 1 N–H and O–H groups in total. The fraction of sp³-hybridized carbons (Fsp3) is 0.0769. The minimum Gasteiger partial charge on any atom is -0.348 e. The zero-order valence-corrected chi connectivity index (χ0v) is 10.9. The summed E-state index contributed by atoms with van der Waals surface area (Å²) in [7, 11) is 0. The molecule has 0 saturated carbocycles. The first-order valence-corrected chi connectivity index (χ1v) is 6.07. The molecule has 3 nitrogen and oxygen atoms in total. The lowest BCUT2D eigenvalue weighted by Crippen LogP contribution is -2.23. The van der Waals surface area contributed by atoms with Gasteiger partial charge in [0.05, 0.1) is 11.8 Å². The first-order chi connectivity index (χ1) is 8.65. The number of carbonyl (C=O) groups is 1. The first-order valence-electron chi connectivity index (χ1n) is 5.28. The number of pyridine rings is 1. The van der Waals surface area contributed by atoms with Crippen LogP contribution in [0.25, 0.3) is 0 Å². The van der Waals surface area contributed by atoms with Crippen molar-refractivity contribution in [3.8, 4) is 0 Å². The monoisotopic (exact) mass is 308 g/mol. The average Bonchev–Trinajstić information content (AvgIpc) is 2.36. The molecule has 18 heavy (non-hydrogen) atoms. The van der Waals surface area contributed by atoms with Crippen LogP contribution in [0.15, 0.2) is 47.2 Å². The van der Waals surface area contributed by atoms with Crippen molar-refractivity contribution >= 4 is 21.8 Å². The molecule has 1 heterocycles. The number of nitrogens with one attached hydrogen (secondary N) is 1. The maximum atomic E-state index is 12.9. The van der Waals surface area contributed by atoms with Crippen LogP contribution < -0.4 is 5.32 Å². The largest absolute Gasteiger partial charge is 0.348 e. The van der Waals surface area contributed by atoms with Gasteiger partial charge >= 0.3 is 0 Å². The quantitative estimate of drug-likeness (QED) is 0.947. The van der Waals surface area contributed by atoms with Gasteiger partial charge in [-0.15, -0.1) is 0 Å². The van der Waals surface area contributed by atoms with E-state index in [1.807, 2.05) is 24.3 Å². The Morgan fingerprint density at radius 2 is 2.17 bits per heavy atom. The van der Waals surface area contributed by atoms with E-state index < -0.39 is 5.82 Å². The Morgan fingerprint density at radius 3 is 2.89 bits per heavy atom. The second-order valence-electron chi connectivity index (χ2n) is 3.70. The Balaban J connectivity index is 2.00. The summed E-state index contributed by atoms with van der Waals surface area (Å²) in [6, 6.07) is 8.75. The van der Waals surface area contributed by atoms with E-state index in [2.05, 4.69) is 26.2 Å². The van der Waals surface area contributed by atoms with Crippen molar-refractivity contribution in [3.63, 3.8) is 0 Å². The molecule has 0 fully saturated rings. The topological polar surface area (TPSA) is 42.0 Å². The Kier molecular flexibility index (Phi) is 4.04. The Labute approximate surface area is 112 Å². The molecule has 2 aromatic rings. The van der Waals surface area contributed by atoms with Crippen molar-refractivity contribution in [2.45, 2.75) is 6.54 Å². The summed E-state index contributed by atoms with van der Waals surface area (Å²) in [6.45, 7) is 0.384. The smallest absolute Gasteiger partial charge is 0.253 e. The number of hydrogen-bond donors (Lipinski definition) is 1. The van der Waals surface area contributed by atoms with Crippen LogP contribution in [0.2, 0.25) is 0 Å². The lowest BCUT2D eigenvalue weighted by molar-refractivity contribution is 0.0950. The zero-order valence-electron chi connectivity index (χ0n) is 9.36. The summed E-state index contributed by atoms with van der Waals surface area (Å²) < 4.78 is 13.8. The maximum absolute atomic E-state index is 12.9. The van der Waals surface area contributed by atoms with Crippen molar-refractivity contribution in [3.05, 3.63) is 64.1 Å². The van der Waals surface area contributed by atoms with Crippen molar-refractivity contribution in [2.24, 2.45) is 0 Å². The van der Waals surface area contributed by atoms with Crippen LogP contribution in [-0.2, 0) is 6.54 Å². The van der Waals surface area contributed by atoms with Gasteiger partial charge in [0.25, 0.3) is 5.91 Å². The minimum absolute atomic E-state index is 0.213. The predicted molar refractivity (Wildman–Crippen MR) is 69.5 cm³/mol. The molecule has 5 heteroatoms. The molecule has 0 spiro atoms. The lowest BCUT2D eigenvalue weighted by Gasteiger charge is -2.05. The van der Waals surface area contributed by atoms with Gasteiger partial charge in [-0.1, -0.05) is 28.1 Å². The number of carbonyl (C=O) groups excluding carboxylic acids is 1. The summed E-state index contributed by atoms with van der Waals surface area (Å²) in [5, 5.41) is 2.70. The van der Waals surface area contributed by atoms with Crippen molar-refractivity contribution in [1.29, 1.82) is 0 Å². The Morgan fingerprint density at radius 1 is 1.33 bits per heavy atom. The van der Waals surface area contributed by atoms with Crippen LogP contribution in [0.1, 0.15) is 15.9 Å². The van der Waals surface area contributed by atoms with Crippen LogP contribution in [-0.4, -0.2) is 10.9 Å². The standard InChI is InChI=1S/C13H10BrFN2O/c14-11-3-1-2-9(4-11)6-17-13(18)10-5-12(15)8-16-7-10/h1-5,7-8H,6H2,(H,17,18). The number of aromatic nitrogens is 1. The third kappa shape index (κ3) is 3.37. The van der Waals surface area contributed by atoms with Crippen LogP contribution in [0.3, 0.4) is 0 Å². The number of amides is 1. The third-order valence-electron chi connectivity index (χ3n) is 2.31. The predicted octanol–water partition coefficient (Wildman–Crippen LogP) is 2.91. The van der Waals surface area contributed by atoms with Gasteiger partial charge in [0.1, 0.15) is 5.82 Å². The SMILES string of the molecule is O=C(NCc1cccc(Br)c1)c1cncc(F)c1. The van der Waals surface area contributed by atoms with Crippen molar-refractivity contribution < 1.29 is 9.18 Å². The number of halogens is 2. The van der Waals surface area contributed by atoms with E-state index in [1.165, 1.54) is 6.20 Å². The molecular weight excluding hydrogens is 299 g/mol. The summed E-state index contributed by atoms with van der Waals surface area (Å²) >= 11 is 3.35. The van der Waals surface area contributed by atoms with Gasteiger partial charge < -0.3 is 5.32 Å². The fourth-order valence-corrected chi connectivity index (χ4v) is 1.91. The van der Waals surface area contributed by atoms with Gasteiger partial charge in [-0.2, -0.15) is 0 Å². The Bertz CT molecular complexity index is 574. The average molecular weight is 309 g/mol. The molecule has 2 rings (SSSR count). The van der Waals surface area contributed by atoms with Gasteiger partial charge in [-0.25, -0.2) is 4.39 Å². The molecule has 0 aliphatic heterocycles. The van der Waals surface area contributed by atoms with Gasteiger partial charge in [0, 0.05) is 17.2 Å². The van der Waals surface area contributed by atoms with Gasteiger partial charge in [0.15, 0.2) is 0 Å². The molecule has 1 amide bonds. The van der Waals surface area contributed by atoms with Gasteiger partial charge in [-0.3, -0.25) is 9.78 Å². The molecule has 1 aromatic heterocycles. The second-order valence-corrected chi connectivity index (χ2v) is 4.62. The number of rotatable bonds is 3. The molecule has 1 aromatic carbocycles. The van der Waals surface area contributed by atoms with Crippen LogP contribution in [0.4, 0.5) is 4.39 Å². The number of benzene rings is 1. The Hall–Kier alpha value is -1.75. The van der Waals surface area contributed by atoms with Crippen molar-refractivity contribution in [2.75, 3.05) is 0 Å². The molecule has 0 aliphatic rings. The van der Waals surface area contributed by atoms with E-state index in [4.69, 9.17) is 0 Å². The normalized spacial score (nSPS) is 10.1. The molecular formula is C13H10BrFN2O. The molecule has 0 atom stereocenters. The second kappa shape index (κ2) is 5.73. The first kappa shape index (κ1) is 12.7. The van der Waals surface area contributed by atoms with E-state index in [0.29, 0.717) is 6.54 Å². The summed E-state index contributed by atoms with van der Waals surface area (Å²) in [5.74, 6) is -0.868. The van der Waals surface area contributed by atoms with E-state index in [1.54, 1.807) is 0 Å². The third-order valence-corrected chi connectivity index (χ3v) is 2.80. The molecule has 0 aliphatic carbocycles. The fourth-order valence-electron chi connectivity index (χ4n) is 1.47. The summed E-state index contributed by atoms with van der Waals surface area (Å²) in [5.41, 5.74) is 1.17. The lowest BCUT2D eigenvalue weighted by atomic mass is 10.2. The van der Waals surface area contributed by atoms with Crippen molar-refractivity contribution in [1.82, 2.24) is 10.3 Å². The van der Waals surface area contributed by atoms with E-state index in [0.717, 1.165) is 22.3 Å². The summed E-state index contributed by atoms with van der Waals surface area (Å²) in [6.07, 6.45) is 2.39. The highest BCUT2D eigenvalue weighted by Crippen LogP contribution is 2.11. The molecule has 0 saturated heterocycles. The molecule has 0 unspecified atom stereocenters. The molecule has 0 radical (unpaired) electrons. The highest BCUT2D eigenvalue weighted by Gasteiger charge is 2.06. The zero-order chi connectivity index (χ0) is 13.0. The minimum atomic E-state index is -0.523. The highest BCUT2D eigenvalue weighted by molar-refractivity contribution is 9.10. The van der Waals surface area contributed by atoms with Crippen LogP contribution in [0, 0.1) is 5.82 Å². The molecule has 92 valence electrons. The highest BCUT2D eigenvalue weighted by atomic mass is 79.9. The van der Waals surface area contributed by atoms with Crippen LogP contribution in [0.5, 0.6) is 0 Å². The van der Waals surface area contributed by atoms with Gasteiger partial charge in [-0.05, 0) is 23.8 Å².